The number of carbonyl (C=O) groups is 1. The maximum Gasteiger partial charge on any atom is 0.274 e. The van der Waals surface area contributed by atoms with Crippen molar-refractivity contribution in [2.24, 2.45) is 7.05 Å². The van der Waals surface area contributed by atoms with Gasteiger partial charge in [-0.15, -0.1) is 0 Å². The Kier molecular flexibility index (Phi) is 6.05. The number of nitrogens with one attached hydrogen (secondary N) is 2. The number of aromatic nitrogens is 5. The first-order valence-electron chi connectivity index (χ1n) is 12.6. The zero-order valence-electron chi connectivity index (χ0n) is 21.5. The monoisotopic (exact) mass is 514 g/mol. The Morgan fingerprint density at radius 3 is 2.77 bits per heavy atom. The highest BCUT2D eigenvalue weighted by Crippen LogP contribution is 2.31. The quantitative estimate of drug-likeness (QED) is 0.314. The molecule has 39 heavy (non-hydrogen) atoms. The zero-order chi connectivity index (χ0) is 26.9. The van der Waals surface area contributed by atoms with Gasteiger partial charge in [0.1, 0.15) is 0 Å². The van der Waals surface area contributed by atoms with Gasteiger partial charge in [0.15, 0.2) is 17.3 Å². The summed E-state index contributed by atoms with van der Waals surface area (Å²) in [6, 6.07) is 17.6. The Hall–Kier alpha value is -5.36. The second kappa shape index (κ2) is 9.84. The number of hydrogen-bond acceptors (Lipinski definition) is 6. The van der Waals surface area contributed by atoms with E-state index in [1.54, 1.807) is 15.6 Å². The van der Waals surface area contributed by atoms with E-state index in [0.717, 1.165) is 38.9 Å². The van der Waals surface area contributed by atoms with E-state index in [2.05, 4.69) is 38.7 Å². The minimum absolute atomic E-state index is 0.172. The van der Waals surface area contributed by atoms with E-state index in [9.17, 15) is 4.79 Å². The van der Waals surface area contributed by atoms with Gasteiger partial charge in [0, 0.05) is 36.3 Å². The second-order valence-corrected chi connectivity index (χ2v) is 9.32. The van der Waals surface area contributed by atoms with Crippen LogP contribution in [0.25, 0.3) is 28.2 Å². The third-order valence-corrected chi connectivity index (χ3v) is 6.56. The lowest BCUT2D eigenvalue weighted by Crippen LogP contribution is -2.32. The highest BCUT2D eigenvalue weighted by Gasteiger charge is 2.25. The van der Waals surface area contributed by atoms with E-state index in [-0.39, 0.29) is 23.5 Å². The first-order valence-corrected chi connectivity index (χ1v) is 12.6. The average Bonchev–Trinajstić information content (AvgIpc) is 3.52. The number of nitrogens with zero attached hydrogens (tertiary/aromatic N) is 5. The third-order valence-electron chi connectivity index (χ3n) is 6.56. The van der Waals surface area contributed by atoms with Crippen LogP contribution >= 0.6 is 0 Å². The van der Waals surface area contributed by atoms with Gasteiger partial charge in [-0.25, -0.2) is 14.6 Å². The molecule has 4 N–H and O–H groups in total. The number of carbonyl (C=O) groups excluding carboxylic acids is 1. The highest BCUT2D eigenvalue weighted by molar-refractivity contribution is 5.98. The topological polar surface area (TPSA) is 116 Å². The number of fused-ring (bicyclic) bond motifs is 2. The number of anilines is 1. The normalized spacial score (nSPS) is 12.8. The molecule has 1 aliphatic heterocycles. The lowest BCUT2D eigenvalue weighted by Gasteiger charge is -2.20. The predicted molar refractivity (Wildman–Crippen MR) is 152 cm³/mol. The number of pyridine rings is 1. The molecule has 5 aromatic rings. The van der Waals surface area contributed by atoms with Gasteiger partial charge in [0.2, 0.25) is 0 Å². The van der Waals surface area contributed by atoms with E-state index in [4.69, 9.17) is 10.7 Å². The molecule has 192 valence electrons. The van der Waals surface area contributed by atoms with Crippen LogP contribution in [-0.4, -0.2) is 36.9 Å². The summed E-state index contributed by atoms with van der Waals surface area (Å²) in [7, 11) is 1.86. The third kappa shape index (κ3) is 4.60. The van der Waals surface area contributed by atoms with Gasteiger partial charge in [0.25, 0.3) is 5.91 Å². The van der Waals surface area contributed by atoms with Gasteiger partial charge >= 0.3 is 0 Å². The van der Waals surface area contributed by atoms with Crippen molar-refractivity contribution in [3.05, 3.63) is 101 Å². The standard InChI is InChI=1S/C30H26N8O/c1-19(34-30(39)28-29(31)35-25-12-7-15-32-38(25)28)24-16-23-11-6-10-22(14-13-20-17-33-37(2)18-20)26(23)36-27(24)21-8-4-3-5-9-21/h3-12,16-19,32H,15,31H2,1-2H3,(H,34,39). The average molecular weight is 515 g/mol. The maximum atomic E-state index is 13.4. The van der Waals surface area contributed by atoms with Crippen LogP contribution in [-0.2, 0) is 7.05 Å². The summed E-state index contributed by atoms with van der Waals surface area (Å²) >= 11 is 0. The summed E-state index contributed by atoms with van der Waals surface area (Å²) in [6.07, 6.45) is 7.37. The van der Waals surface area contributed by atoms with Crippen molar-refractivity contribution in [3.63, 3.8) is 0 Å². The number of hydrogen-bond donors (Lipinski definition) is 3. The predicted octanol–water partition coefficient (Wildman–Crippen LogP) is 3.88. The number of imidazole rings is 1. The van der Waals surface area contributed by atoms with Crippen molar-refractivity contribution >= 4 is 28.7 Å². The van der Waals surface area contributed by atoms with Gasteiger partial charge in [-0.1, -0.05) is 60.4 Å². The molecule has 1 unspecified atom stereocenters. The number of para-hydroxylation sites is 1. The maximum absolute atomic E-state index is 13.4. The highest BCUT2D eigenvalue weighted by atomic mass is 16.2. The molecule has 9 heteroatoms. The van der Waals surface area contributed by atoms with E-state index >= 15 is 0 Å². The fraction of sp³-hybridized carbons (Fsp3) is 0.133. The van der Waals surface area contributed by atoms with E-state index in [1.165, 1.54) is 0 Å². The van der Waals surface area contributed by atoms with E-state index in [0.29, 0.717) is 12.4 Å². The van der Waals surface area contributed by atoms with Crippen LogP contribution in [0, 0.1) is 11.8 Å². The Labute approximate surface area is 225 Å². The van der Waals surface area contributed by atoms with Crippen molar-refractivity contribution in [1.82, 2.24) is 29.7 Å². The van der Waals surface area contributed by atoms with Gasteiger partial charge < -0.3 is 16.5 Å². The molecule has 9 nitrogen and oxygen atoms in total. The molecule has 0 saturated heterocycles. The fourth-order valence-corrected chi connectivity index (χ4v) is 4.69. The number of benzene rings is 2. The summed E-state index contributed by atoms with van der Waals surface area (Å²) in [6.45, 7) is 2.52. The lowest BCUT2D eigenvalue weighted by atomic mass is 9.97. The van der Waals surface area contributed by atoms with Crippen molar-refractivity contribution < 1.29 is 4.79 Å². The van der Waals surface area contributed by atoms with Crippen molar-refractivity contribution in [2.75, 3.05) is 17.7 Å². The van der Waals surface area contributed by atoms with Crippen molar-refractivity contribution in [3.8, 4) is 23.1 Å². The molecule has 6 rings (SSSR count). The van der Waals surface area contributed by atoms with Gasteiger partial charge in [-0.2, -0.15) is 5.10 Å². The van der Waals surface area contributed by atoms with Crippen molar-refractivity contribution in [1.29, 1.82) is 0 Å². The van der Waals surface area contributed by atoms with Crippen LogP contribution in [0.15, 0.2) is 73.1 Å². The summed E-state index contributed by atoms with van der Waals surface area (Å²) in [5, 5.41) is 8.23. The SMILES string of the molecule is CC(NC(=O)c1c(N)nc2n1NCC=C2)c1cc2cccc(C#Cc3cnn(C)c3)c2nc1-c1ccccc1. The minimum Gasteiger partial charge on any atom is -0.382 e. The summed E-state index contributed by atoms with van der Waals surface area (Å²) < 4.78 is 3.35. The Balaban J connectivity index is 1.41. The first-order chi connectivity index (χ1) is 19.0. The lowest BCUT2D eigenvalue weighted by molar-refractivity contribution is 0.0933. The largest absolute Gasteiger partial charge is 0.382 e. The van der Waals surface area contributed by atoms with Gasteiger partial charge in [-0.3, -0.25) is 9.48 Å². The summed E-state index contributed by atoms with van der Waals surface area (Å²) in [5.74, 6) is 6.88. The molecule has 0 bridgehead atoms. The molecule has 1 aliphatic rings. The molecule has 0 spiro atoms. The molecule has 3 aromatic heterocycles. The van der Waals surface area contributed by atoms with Crippen LogP contribution in [0.1, 0.15) is 46.0 Å². The first kappa shape index (κ1) is 24.0. The van der Waals surface area contributed by atoms with Crippen LogP contribution in [0.4, 0.5) is 5.82 Å². The van der Waals surface area contributed by atoms with Crippen molar-refractivity contribution in [2.45, 2.75) is 13.0 Å². The van der Waals surface area contributed by atoms with Crippen LogP contribution in [0.2, 0.25) is 0 Å². The molecular weight excluding hydrogens is 488 g/mol. The molecule has 1 amide bonds. The Bertz CT molecular complexity index is 1800. The molecule has 0 fully saturated rings. The molecule has 0 aliphatic carbocycles. The molecule has 0 saturated carbocycles. The zero-order valence-corrected chi connectivity index (χ0v) is 21.5. The number of rotatable bonds is 4. The van der Waals surface area contributed by atoms with Gasteiger partial charge in [0.05, 0.1) is 34.6 Å². The minimum atomic E-state index is -0.376. The summed E-state index contributed by atoms with van der Waals surface area (Å²) in [4.78, 5) is 22.8. The molecule has 0 radical (unpaired) electrons. The number of nitrogen functional groups attached to an aromatic ring is 1. The fourth-order valence-electron chi connectivity index (χ4n) is 4.69. The Morgan fingerprint density at radius 1 is 1.13 bits per heavy atom. The Morgan fingerprint density at radius 2 is 1.97 bits per heavy atom. The molecule has 1 atom stereocenters. The number of amides is 1. The summed E-state index contributed by atoms with van der Waals surface area (Å²) in [5.41, 5.74) is 14.6. The second-order valence-electron chi connectivity index (χ2n) is 9.32. The molecule has 4 heterocycles. The molecular formula is C30H26N8O. The van der Waals surface area contributed by atoms with E-state index < -0.39 is 0 Å². The smallest absolute Gasteiger partial charge is 0.274 e. The number of nitrogens with two attached hydrogens (primary N) is 1. The van der Waals surface area contributed by atoms with Crippen LogP contribution < -0.4 is 16.5 Å². The van der Waals surface area contributed by atoms with Crippen LogP contribution in [0.3, 0.4) is 0 Å². The number of aryl methyl sites for hydroxylation is 1. The molecule has 2 aromatic carbocycles. The van der Waals surface area contributed by atoms with Crippen LogP contribution in [0.5, 0.6) is 0 Å². The van der Waals surface area contributed by atoms with E-state index in [1.807, 2.05) is 80.9 Å². The van der Waals surface area contributed by atoms with Gasteiger partial charge in [-0.05, 0) is 25.1 Å².